The predicted octanol–water partition coefficient (Wildman–Crippen LogP) is 1.89. The first-order valence-electron chi connectivity index (χ1n) is 4.15. The van der Waals surface area contributed by atoms with Gasteiger partial charge in [-0.2, -0.15) is 5.10 Å². The highest BCUT2D eigenvalue weighted by Crippen LogP contribution is 2.15. The fourth-order valence-electron chi connectivity index (χ4n) is 1.18. The maximum atomic E-state index is 4.22. The molecule has 0 amide bonds. The zero-order chi connectivity index (χ0) is 8.10. The van der Waals surface area contributed by atoms with E-state index in [9.17, 15) is 0 Å². The Morgan fingerprint density at radius 1 is 1.45 bits per heavy atom. The summed E-state index contributed by atoms with van der Waals surface area (Å²) in [7, 11) is 3.91. The molecule has 1 aliphatic rings. The standard InChI is InChI=1S/C9H16N2/c1-11(2)10-8-9-6-4-3-5-7-9/h3-4,8-9H,5-7H2,1-2H3/b10-8+. The average Bonchev–Trinajstić information content (AvgIpc) is 2.03. The molecule has 0 saturated carbocycles. The van der Waals surface area contributed by atoms with Crippen molar-refractivity contribution in [3.8, 4) is 0 Å². The van der Waals surface area contributed by atoms with Crippen molar-refractivity contribution in [2.45, 2.75) is 19.3 Å². The minimum Gasteiger partial charge on any atom is -0.303 e. The van der Waals surface area contributed by atoms with E-state index in [2.05, 4.69) is 23.5 Å². The average molecular weight is 152 g/mol. The molecule has 1 aliphatic carbocycles. The molecule has 0 saturated heterocycles. The van der Waals surface area contributed by atoms with Crippen LogP contribution in [0.15, 0.2) is 17.3 Å². The smallest absolute Gasteiger partial charge is 0.0279 e. The highest BCUT2D eigenvalue weighted by atomic mass is 15.4. The van der Waals surface area contributed by atoms with E-state index in [-0.39, 0.29) is 0 Å². The molecule has 0 heterocycles. The maximum absolute atomic E-state index is 4.22. The molecule has 2 heteroatoms. The van der Waals surface area contributed by atoms with Crippen LogP contribution < -0.4 is 0 Å². The van der Waals surface area contributed by atoms with Crippen LogP contribution >= 0.6 is 0 Å². The largest absolute Gasteiger partial charge is 0.303 e. The molecule has 0 bridgehead atoms. The van der Waals surface area contributed by atoms with Gasteiger partial charge in [-0.15, -0.1) is 0 Å². The normalized spacial score (nSPS) is 24.4. The van der Waals surface area contributed by atoms with E-state index in [0.717, 1.165) is 6.42 Å². The van der Waals surface area contributed by atoms with Gasteiger partial charge in [-0.25, -0.2) is 0 Å². The molecule has 0 fully saturated rings. The Labute approximate surface area is 68.6 Å². The molecule has 0 aromatic rings. The van der Waals surface area contributed by atoms with Gasteiger partial charge in [0.2, 0.25) is 0 Å². The first-order chi connectivity index (χ1) is 5.29. The lowest BCUT2D eigenvalue weighted by Gasteiger charge is -2.13. The van der Waals surface area contributed by atoms with Gasteiger partial charge < -0.3 is 5.01 Å². The minimum absolute atomic E-state index is 0.669. The molecule has 1 rings (SSSR count). The molecule has 0 aliphatic heterocycles. The lowest BCUT2D eigenvalue weighted by atomic mass is 9.96. The van der Waals surface area contributed by atoms with Crippen molar-refractivity contribution < 1.29 is 0 Å². The molecule has 0 aromatic heterocycles. The number of nitrogens with zero attached hydrogens (tertiary/aromatic N) is 2. The zero-order valence-electron chi connectivity index (χ0n) is 7.33. The number of rotatable bonds is 2. The Kier molecular flexibility index (Phi) is 3.14. The molecule has 0 aromatic carbocycles. The maximum Gasteiger partial charge on any atom is 0.0279 e. The second-order valence-electron chi connectivity index (χ2n) is 3.16. The Balaban J connectivity index is 2.31. The number of allylic oxidation sites excluding steroid dienone is 2. The van der Waals surface area contributed by atoms with E-state index in [1.165, 1.54) is 12.8 Å². The van der Waals surface area contributed by atoms with Gasteiger partial charge in [0.25, 0.3) is 0 Å². The van der Waals surface area contributed by atoms with Gasteiger partial charge >= 0.3 is 0 Å². The summed E-state index contributed by atoms with van der Waals surface area (Å²) in [5.41, 5.74) is 0. The summed E-state index contributed by atoms with van der Waals surface area (Å²) in [6.07, 6.45) is 10.2. The van der Waals surface area contributed by atoms with Gasteiger partial charge in [-0.05, 0) is 25.2 Å². The van der Waals surface area contributed by atoms with E-state index in [1.54, 1.807) is 0 Å². The van der Waals surface area contributed by atoms with Crippen molar-refractivity contribution in [2.75, 3.05) is 14.1 Å². The first-order valence-corrected chi connectivity index (χ1v) is 4.15. The summed E-state index contributed by atoms with van der Waals surface area (Å²) < 4.78 is 0. The van der Waals surface area contributed by atoms with Gasteiger partial charge in [-0.3, -0.25) is 0 Å². The summed E-state index contributed by atoms with van der Waals surface area (Å²) >= 11 is 0. The van der Waals surface area contributed by atoms with Crippen LogP contribution in [-0.2, 0) is 0 Å². The fourth-order valence-corrected chi connectivity index (χ4v) is 1.18. The lowest BCUT2D eigenvalue weighted by Crippen LogP contribution is -2.08. The molecule has 1 unspecified atom stereocenters. The van der Waals surface area contributed by atoms with Crippen molar-refractivity contribution in [1.82, 2.24) is 5.01 Å². The highest BCUT2D eigenvalue weighted by molar-refractivity contribution is 5.60. The summed E-state index contributed by atoms with van der Waals surface area (Å²) in [6.45, 7) is 0. The molecule has 0 radical (unpaired) electrons. The molecule has 0 spiro atoms. The number of hydrogen-bond donors (Lipinski definition) is 0. The van der Waals surface area contributed by atoms with Crippen LogP contribution in [0.2, 0.25) is 0 Å². The van der Waals surface area contributed by atoms with Crippen molar-refractivity contribution in [1.29, 1.82) is 0 Å². The van der Waals surface area contributed by atoms with E-state index in [1.807, 2.05) is 19.1 Å². The van der Waals surface area contributed by atoms with Crippen LogP contribution in [0.4, 0.5) is 0 Å². The third kappa shape index (κ3) is 3.21. The van der Waals surface area contributed by atoms with Gasteiger partial charge in [0.05, 0.1) is 0 Å². The molecule has 1 atom stereocenters. The van der Waals surface area contributed by atoms with E-state index in [4.69, 9.17) is 0 Å². The van der Waals surface area contributed by atoms with Crippen LogP contribution in [0.1, 0.15) is 19.3 Å². The van der Waals surface area contributed by atoms with Crippen molar-refractivity contribution in [3.63, 3.8) is 0 Å². The Morgan fingerprint density at radius 3 is 2.82 bits per heavy atom. The predicted molar refractivity (Wildman–Crippen MR) is 48.7 cm³/mol. The molecule has 11 heavy (non-hydrogen) atoms. The second-order valence-corrected chi connectivity index (χ2v) is 3.16. The third-order valence-electron chi connectivity index (χ3n) is 1.82. The van der Waals surface area contributed by atoms with Gasteiger partial charge in [0.1, 0.15) is 0 Å². The minimum atomic E-state index is 0.669. The Hall–Kier alpha value is -0.790. The number of hydrazone groups is 1. The van der Waals surface area contributed by atoms with Crippen molar-refractivity contribution >= 4 is 6.21 Å². The monoisotopic (exact) mass is 152 g/mol. The molecular formula is C9H16N2. The first kappa shape index (κ1) is 8.31. The summed E-state index contributed by atoms with van der Waals surface area (Å²) in [6, 6.07) is 0. The molecule has 2 nitrogen and oxygen atoms in total. The quantitative estimate of drug-likeness (QED) is 0.335. The van der Waals surface area contributed by atoms with Crippen LogP contribution in [0.5, 0.6) is 0 Å². The molecule has 62 valence electrons. The Bertz CT molecular complexity index is 159. The lowest BCUT2D eigenvalue weighted by molar-refractivity contribution is 0.434. The number of hydrogen-bond acceptors (Lipinski definition) is 2. The second kappa shape index (κ2) is 4.16. The van der Waals surface area contributed by atoms with E-state index in [0.29, 0.717) is 5.92 Å². The summed E-state index contributed by atoms with van der Waals surface area (Å²) in [5, 5.41) is 6.07. The topological polar surface area (TPSA) is 15.6 Å². The van der Waals surface area contributed by atoms with Gasteiger partial charge in [0.15, 0.2) is 0 Å². The van der Waals surface area contributed by atoms with Gasteiger partial charge in [-0.1, -0.05) is 12.2 Å². The SMILES string of the molecule is CN(C)/N=C/C1CC=CCC1. The van der Waals surface area contributed by atoms with Crippen LogP contribution in [0.25, 0.3) is 0 Å². The van der Waals surface area contributed by atoms with Crippen LogP contribution in [-0.4, -0.2) is 25.3 Å². The molecular weight excluding hydrogens is 136 g/mol. The van der Waals surface area contributed by atoms with Crippen LogP contribution in [0.3, 0.4) is 0 Å². The fraction of sp³-hybridized carbons (Fsp3) is 0.667. The van der Waals surface area contributed by atoms with E-state index >= 15 is 0 Å². The van der Waals surface area contributed by atoms with E-state index < -0.39 is 0 Å². The highest BCUT2D eigenvalue weighted by Gasteiger charge is 2.05. The van der Waals surface area contributed by atoms with Crippen molar-refractivity contribution in [2.24, 2.45) is 11.0 Å². The van der Waals surface area contributed by atoms with Crippen LogP contribution in [0, 0.1) is 5.92 Å². The molecule has 0 N–H and O–H groups in total. The van der Waals surface area contributed by atoms with Gasteiger partial charge in [0, 0.05) is 20.3 Å². The zero-order valence-corrected chi connectivity index (χ0v) is 7.33. The Morgan fingerprint density at radius 2 is 2.27 bits per heavy atom. The third-order valence-corrected chi connectivity index (χ3v) is 1.82. The van der Waals surface area contributed by atoms with Crippen molar-refractivity contribution in [3.05, 3.63) is 12.2 Å². The summed E-state index contributed by atoms with van der Waals surface area (Å²) in [4.78, 5) is 0. The summed E-state index contributed by atoms with van der Waals surface area (Å²) in [5.74, 6) is 0.669.